The number of aromatic nitrogens is 1. The number of rotatable bonds is 2. The van der Waals surface area contributed by atoms with Crippen LogP contribution < -0.4 is 0 Å². The minimum absolute atomic E-state index is 0.141. The number of thiazole rings is 1. The SMILES string of the molecule is CC(=O)N1C[C@@H]2OCCN(Cc3csc(C)n3)[C@H]2C1. The van der Waals surface area contributed by atoms with Crippen molar-refractivity contribution >= 4 is 17.2 Å². The van der Waals surface area contributed by atoms with Crippen molar-refractivity contribution in [2.24, 2.45) is 0 Å². The molecule has 0 aromatic carbocycles. The van der Waals surface area contributed by atoms with Crippen LogP contribution >= 0.6 is 11.3 Å². The largest absolute Gasteiger partial charge is 0.373 e. The number of likely N-dealkylation sites (tertiary alicyclic amines) is 1. The number of ether oxygens (including phenoxy) is 1. The summed E-state index contributed by atoms with van der Waals surface area (Å²) in [4.78, 5) is 20.3. The molecule has 19 heavy (non-hydrogen) atoms. The fourth-order valence-corrected chi connectivity index (χ4v) is 3.50. The van der Waals surface area contributed by atoms with Crippen LogP contribution in [0, 0.1) is 6.92 Å². The van der Waals surface area contributed by atoms with Crippen LogP contribution in [0.5, 0.6) is 0 Å². The summed E-state index contributed by atoms with van der Waals surface area (Å²) in [5.41, 5.74) is 1.13. The van der Waals surface area contributed by atoms with Crippen LogP contribution in [0.2, 0.25) is 0 Å². The van der Waals surface area contributed by atoms with E-state index in [0.29, 0.717) is 6.04 Å². The Kier molecular flexibility index (Phi) is 3.56. The zero-order valence-electron chi connectivity index (χ0n) is 11.3. The molecule has 3 heterocycles. The molecule has 104 valence electrons. The van der Waals surface area contributed by atoms with Crippen molar-refractivity contribution < 1.29 is 9.53 Å². The first kappa shape index (κ1) is 13.0. The number of amides is 1. The fraction of sp³-hybridized carbons (Fsp3) is 0.692. The first-order valence-electron chi connectivity index (χ1n) is 6.65. The zero-order chi connectivity index (χ0) is 13.4. The molecule has 0 N–H and O–H groups in total. The molecular formula is C13H19N3O2S. The predicted molar refractivity (Wildman–Crippen MR) is 73.0 cm³/mol. The lowest BCUT2D eigenvalue weighted by Crippen LogP contribution is -2.50. The Morgan fingerprint density at radius 1 is 1.58 bits per heavy atom. The van der Waals surface area contributed by atoms with Crippen molar-refractivity contribution in [3.8, 4) is 0 Å². The molecule has 0 aliphatic carbocycles. The monoisotopic (exact) mass is 281 g/mol. The van der Waals surface area contributed by atoms with E-state index in [2.05, 4.69) is 15.3 Å². The molecule has 0 radical (unpaired) electrons. The van der Waals surface area contributed by atoms with E-state index in [0.717, 1.165) is 43.5 Å². The molecule has 2 fully saturated rings. The van der Waals surface area contributed by atoms with E-state index in [-0.39, 0.29) is 12.0 Å². The Hall–Kier alpha value is -0.980. The van der Waals surface area contributed by atoms with Crippen LogP contribution in [0.25, 0.3) is 0 Å². The molecule has 2 saturated heterocycles. The molecule has 0 bridgehead atoms. The average Bonchev–Trinajstić information content (AvgIpc) is 2.96. The molecule has 1 amide bonds. The highest BCUT2D eigenvalue weighted by Gasteiger charge is 2.40. The van der Waals surface area contributed by atoms with Gasteiger partial charge in [-0.05, 0) is 6.92 Å². The number of aryl methyl sites for hydroxylation is 1. The Balaban J connectivity index is 1.70. The number of carbonyl (C=O) groups excluding carboxylic acids is 1. The number of carbonyl (C=O) groups is 1. The molecule has 0 saturated carbocycles. The maximum Gasteiger partial charge on any atom is 0.219 e. The maximum atomic E-state index is 11.5. The summed E-state index contributed by atoms with van der Waals surface area (Å²) in [6.07, 6.45) is 0.164. The van der Waals surface area contributed by atoms with E-state index in [1.807, 2.05) is 11.8 Å². The number of morpholine rings is 1. The van der Waals surface area contributed by atoms with Crippen molar-refractivity contribution in [1.82, 2.24) is 14.8 Å². The van der Waals surface area contributed by atoms with Crippen LogP contribution in [-0.2, 0) is 16.1 Å². The first-order valence-corrected chi connectivity index (χ1v) is 7.53. The Bertz CT molecular complexity index is 476. The van der Waals surface area contributed by atoms with Crippen LogP contribution in [0.4, 0.5) is 0 Å². The minimum atomic E-state index is 0.141. The van der Waals surface area contributed by atoms with E-state index in [4.69, 9.17) is 4.74 Å². The standard InChI is InChI=1S/C13H19N3O2S/c1-9-14-11(8-19-9)5-15-3-4-18-13-7-16(10(2)17)6-12(13)15/h8,12-13H,3-7H2,1-2H3/t12-,13-/m0/s1. The molecule has 2 aliphatic heterocycles. The molecule has 6 heteroatoms. The topological polar surface area (TPSA) is 45.7 Å². The summed E-state index contributed by atoms with van der Waals surface area (Å²) in [5, 5.41) is 3.23. The van der Waals surface area contributed by atoms with Crippen molar-refractivity contribution in [3.05, 3.63) is 16.1 Å². The molecule has 2 aliphatic rings. The lowest BCUT2D eigenvalue weighted by atomic mass is 10.1. The number of hydrogen-bond acceptors (Lipinski definition) is 5. The maximum absolute atomic E-state index is 11.5. The third-order valence-electron chi connectivity index (χ3n) is 3.89. The van der Waals surface area contributed by atoms with Crippen molar-refractivity contribution in [1.29, 1.82) is 0 Å². The van der Waals surface area contributed by atoms with Crippen LogP contribution in [-0.4, -0.2) is 59.1 Å². The third-order valence-corrected chi connectivity index (χ3v) is 4.72. The summed E-state index contributed by atoms with van der Waals surface area (Å²) in [6, 6.07) is 0.319. The second kappa shape index (κ2) is 5.19. The van der Waals surface area contributed by atoms with E-state index < -0.39 is 0 Å². The highest BCUT2D eigenvalue weighted by Crippen LogP contribution is 2.24. The quantitative estimate of drug-likeness (QED) is 0.807. The summed E-state index contributed by atoms with van der Waals surface area (Å²) >= 11 is 1.69. The fourth-order valence-electron chi connectivity index (χ4n) is 2.90. The minimum Gasteiger partial charge on any atom is -0.373 e. The van der Waals surface area contributed by atoms with Gasteiger partial charge in [0.15, 0.2) is 0 Å². The van der Waals surface area contributed by atoms with Gasteiger partial charge in [0.05, 0.1) is 29.5 Å². The van der Waals surface area contributed by atoms with Gasteiger partial charge in [0.2, 0.25) is 5.91 Å². The van der Waals surface area contributed by atoms with Gasteiger partial charge < -0.3 is 9.64 Å². The molecule has 5 nitrogen and oxygen atoms in total. The van der Waals surface area contributed by atoms with E-state index in [1.54, 1.807) is 18.3 Å². The normalized spacial score (nSPS) is 27.6. The molecular weight excluding hydrogens is 262 g/mol. The molecule has 0 unspecified atom stereocenters. The highest BCUT2D eigenvalue weighted by molar-refractivity contribution is 7.09. The molecule has 0 spiro atoms. The molecule has 1 aromatic heterocycles. The van der Waals surface area contributed by atoms with Crippen LogP contribution in [0.3, 0.4) is 0 Å². The summed E-state index contributed by atoms with van der Waals surface area (Å²) in [6.45, 7) is 7.70. The summed E-state index contributed by atoms with van der Waals surface area (Å²) in [7, 11) is 0. The Morgan fingerprint density at radius 2 is 2.42 bits per heavy atom. The van der Waals surface area contributed by atoms with Gasteiger partial charge in [0, 0.05) is 38.5 Å². The average molecular weight is 281 g/mol. The Morgan fingerprint density at radius 3 is 3.11 bits per heavy atom. The number of hydrogen-bond donors (Lipinski definition) is 0. The number of fused-ring (bicyclic) bond motifs is 1. The smallest absolute Gasteiger partial charge is 0.219 e. The van der Waals surface area contributed by atoms with Gasteiger partial charge in [-0.15, -0.1) is 11.3 Å². The van der Waals surface area contributed by atoms with Gasteiger partial charge >= 0.3 is 0 Å². The van der Waals surface area contributed by atoms with Crippen molar-refractivity contribution in [2.75, 3.05) is 26.2 Å². The molecule has 3 rings (SSSR count). The zero-order valence-corrected chi connectivity index (χ0v) is 12.2. The van der Waals surface area contributed by atoms with Gasteiger partial charge in [-0.25, -0.2) is 4.98 Å². The second-order valence-corrected chi connectivity index (χ2v) is 6.29. The first-order chi connectivity index (χ1) is 9.13. The van der Waals surface area contributed by atoms with Gasteiger partial charge in [-0.3, -0.25) is 9.69 Å². The summed E-state index contributed by atoms with van der Waals surface area (Å²) in [5.74, 6) is 0.141. The van der Waals surface area contributed by atoms with Crippen LogP contribution in [0.15, 0.2) is 5.38 Å². The van der Waals surface area contributed by atoms with Crippen LogP contribution in [0.1, 0.15) is 17.6 Å². The molecule has 2 atom stereocenters. The predicted octanol–water partition coefficient (Wildman–Crippen LogP) is 0.883. The molecule has 1 aromatic rings. The lowest BCUT2D eigenvalue weighted by Gasteiger charge is -2.36. The third kappa shape index (κ3) is 2.66. The van der Waals surface area contributed by atoms with Crippen molar-refractivity contribution in [2.45, 2.75) is 32.5 Å². The van der Waals surface area contributed by atoms with E-state index in [9.17, 15) is 4.79 Å². The van der Waals surface area contributed by atoms with E-state index in [1.165, 1.54) is 0 Å². The van der Waals surface area contributed by atoms with Gasteiger partial charge in [-0.1, -0.05) is 0 Å². The van der Waals surface area contributed by atoms with Gasteiger partial charge in [0.25, 0.3) is 0 Å². The lowest BCUT2D eigenvalue weighted by molar-refractivity contribution is -0.128. The Labute approximate surface area is 117 Å². The van der Waals surface area contributed by atoms with Gasteiger partial charge in [0.1, 0.15) is 0 Å². The van der Waals surface area contributed by atoms with E-state index >= 15 is 0 Å². The highest BCUT2D eigenvalue weighted by atomic mass is 32.1. The van der Waals surface area contributed by atoms with Gasteiger partial charge in [-0.2, -0.15) is 0 Å². The number of nitrogens with zero attached hydrogens (tertiary/aromatic N) is 3. The second-order valence-electron chi connectivity index (χ2n) is 5.23. The summed E-state index contributed by atoms with van der Waals surface area (Å²) < 4.78 is 5.80. The van der Waals surface area contributed by atoms with Crippen molar-refractivity contribution in [3.63, 3.8) is 0 Å².